The first-order chi connectivity index (χ1) is 21.9. The number of ether oxygens (including phenoxy) is 4. The molecule has 0 aliphatic carbocycles. The highest BCUT2D eigenvalue weighted by Crippen LogP contribution is 2.32. The summed E-state index contributed by atoms with van der Waals surface area (Å²) in [5.41, 5.74) is 6.62. The minimum absolute atomic E-state index is 0.155. The second kappa shape index (κ2) is 19.1. The number of likely N-dealkylation sites (N-methyl/N-ethyl adjacent to an activating group) is 2. The Hall–Kier alpha value is -4.40. The van der Waals surface area contributed by atoms with Gasteiger partial charge in [-0.25, -0.2) is 9.59 Å². The number of carbonyl (C=O) groups excluding carboxylic acids is 2. The first-order valence-corrected chi connectivity index (χ1v) is 15.4. The Balaban J connectivity index is 1.61. The number of hydrogen-bond acceptors (Lipinski definition) is 8. The van der Waals surface area contributed by atoms with Crippen molar-refractivity contribution >= 4 is 11.9 Å². The van der Waals surface area contributed by atoms with Crippen LogP contribution < -0.4 is 20.1 Å². The van der Waals surface area contributed by atoms with Gasteiger partial charge < -0.3 is 29.6 Å². The average molecular weight is 615 g/mol. The van der Waals surface area contributed by atoms with Crippen LogP contribution in [0.3, 0.4) is 0 Å². The van der Waals surface area contributed by atoms with Crippen LogP contribution in [0.2, 0.25) is 0 Å². The fraction of sp³-hybridized carbons (Fsp3) is 0.351. The van der Waals surface area contributed by atoms with Gasteiger partial charge in [-0.05, 0) is 79.0 Å². The van der Waals surface area contributed by atoms with E-state index in [1.54, 1.807) is 14.1 Å². The van der Waals surface area contributed by atoms with E-state index >= 15 is 0 Å². The van der Waals surface area contributed by atoms with Crippen molar-refractivity contribution in [2.75, 3.05) is 53.6 Å². The fourth-order valence-corrected chi connectivity index (χ4v) is 4.66. The molecule has 3 aromatic rings. The van der Waals surface area contributed by atoms with Crippen molar-refractivity contribution in [1.82, 2.24) is 10.6 Å². The summed E-state index contributed by atoms with van der Waals surface area (Å²) in [4.78, 5) is 23.7. The Morgan fingerprint density at radius 3 is 1.62 bits per heavy atom. The normalized spacial score (nSPS) is 10.6. The van der Waals surface area contributed by atoms with Crippen molar-refractivity contribution in [2.24, 2.45) is 0 Å². The Bertz CT molecular complexity index is 1400. The zero-order valence-corrected chi connectivity index (χ0v) is 26.8. The minimum Gasteiger partial charge on any atom is -0.490 e. The molecule has 0 fully saturated rings. The molecule has 0 amide bonds. The Morgan fingerprint density at radius 1 is 0.644 bits per heavy atom. The van der Waals surface area contributed by atoms with Crippen LogP contribution in [0.4, 0.5) is 0 Å². The molecule has 0 spiro atoms. The van der Waals surface area contributed by atoms with Crippen LogP contribution in [0, 0.1) is 0 Å². The van der Waals surface area contributed by atoms with Crippen molar-refractivity contribution in [3.63, 3.8) is 0 Å². The van der Waals surface area contributed by atoms with Crippen LogP contribution in [-0.2, 0) is 25.5 Å². The zero-order valence-electron chi connectivity index (χ0n) is 26.8. The maximum absolute atomic E-state index is 11.9. The molecular weight excluding hydrogens is 568 g/mol. The number of unbranched alkanes of at least 4 members (excludes halogenated alkanes) is 2. The number of benzene rings is 3. The minimum atomic E-state index is -0.423. The van der Waals surface area contributed by atoms with E-state index in [0.717, 1.165) is 36.0 Å². The van der Waals surface area contributed by atoms with Crippen molar-refractivity contribution in [3.8, 4) is 33.8 Å². The van der Waals surface area contributed by atoms with Gasteiger partial charge in [0.2, 0.25) is 0 Å². The Kier molecular flexibility index (Phi) is 14.9. The van der Waals surface area contributed by atoms with Crippen LogP contribution in [0.15, 0.2) is 91.0 Å². The van der Waals surface area contributed by atoms with E-state index in [1.165, 1.54) is 17.5 Å². The number of carbonyl (C=O) groups is 2. The molecule has 0 atom stereocenters. The van der Waals surface area contributed by atoms with Crippen molar-refractivity contribution in [1.29, 1.82) is 0 Å². The first kappa shape index (κ1) is 35.1. The molecule has 45 heavy (non-hydrogen) atoms. The molecule has 3 rings (SSSR count). The van der Waals surface area contributed by atoms with Crippen molar-refractivity contribution < 1.29 is 28.5 Å². The molecule has 0 unspecified atom stereocenters. The number of aryl methyl sites for hydroxylation is 1. The van der Waals surface area contributed by atoms with Crippen molar-refractivity contribution in [3.05, 3.63) is 96.6 Å². The number of rotatable bonds is 20. The standard InChI is InChI=1S/C37H46N2O6/c1-6-7-8-9-32-24-31(29-10-15-33(16-11-29)42-20-22-44-36(40)27(2)25-38-4)14-19-35(32)30-12-17-34(18-13-30)43-21-23-45-37(41)28(3)26-39-5/h10-19,24,38-39H,2-3,6-9,20-23,25-26H2,1,4-5H3. The molecule has 0 saturated carbocycles. The van der Waals surface area contributed by atoms with E-state index in [1.807, 2.05) is 36.4 Å². The quantitative estimate of drug-likeness (QED) is 0.0890. The van der Waals surface area contributed by atoms with E-state index in [9.17, 15) is 9.59 Å². The molecule has 8 heteroatoms. The molecule has 8 nitrogen and oxygen atoms in total. The predicted octanol–water partition coefficient (Wildman–Crippen LogP) is 6.15. The third kappa shape index (κ3) is 11.6. The highest BCUT2D eigenvalue weighted by Gasteiger charge is 2.11. The number of hydrogen-bond donors (Lipinski definition) is 2. The van der Waals surface area contributed by atoms with Crippen molar-refractivity contribution in [2.45, 2.75) is 32.6 Å². The lowest BCUT2D eigenvalue weighted by Gasteiger charge is -2.14. The molecule has 0 aromatic heterocycles. The topological polar surface area (TPSA) is 95.1 Å². The summed E-state index contributed by atoms with van der Waals surface area (Å²) in [6.45, 7) is 11.2. The average Bonchev–Trinajstić information content (AvgIpc) is 3.06. The van der Waals surface area contributed by atoms with Crippen LogP contribution in [0.25, 0.3) is 22.3 Å². The second-order valence-corrected chi connectivity index (χ2v) is 10.6. The van der Waals surface area contributed by atoms with E-state index in [-0.39, 0.29) is 26.4 Å². The lowest BCUT2D eigenvalue weighted by atomic mass is 9.92. The maximum atomic E-state index is 11.9. The summed E-state index contributed by atoms with van der Waals surface area (Å²) in [5.74, 6) is 0.582. The summed E-state index contributed by atoms with van der Waals surface area (Å²) in [6.07, 6.45) is 4.44. The smallest absolute Gasteiger partial charge is 0.334 e. The third-order valence-electron chi connectivity index (χ3n) is 7.04. The second-order valence-electron chi connectivity index (χ2n) is 10.6. The number of esters is 2. The van der Waals surface area contributed by atoms with Crippen LogP contribution in [0.5, 0.6) is 11.5 Å². The van der Waals surface area contributed by atoms with Gasteiger partial charge in [0.25, 0.3) is 0 Å². The zero-order chi connectivity index (χ0) is 32.4. The van der Waals surface area contributed by atoms with Gasteiger partial charge in [0.15, 0.2) is 0 Å². The fourth-order valence-electron chi connectivity index (χ4n) is 4.66. The van der Waals surface area contributed by atoms with E-state index < -0.39 is 11.9 Å². The molecule has 0 aliphatic heterocycles. The van der Waals surface area contributed by atoms with Gasteiger partial charge in [-0.3, -0.25) is 0 Å². The van der Waals surface area contributed by atoms with Gasteiger partial charge in [0, 0.05) is 24.2 Å². The van der Waals surface area contributed by atoms with Gasteiger partial charge >= 0.3 is 11.9 Å². The first-order valence-electron chi connectivity index (χ1n) is 15.4. The molecule has 0 radical (unpaired) electrons. The molecule has 0 aliphatic rings. The third-order valence-corrected chi connectivity index (χ3v) is 7.04. The Labute approximate surface area is 267 Å². The van der Waals surface area contributed by atoms with Gasteiger partial charge in [0.05, 0.1) is 0 Å². The van der Waals surface area contributed by atoms with Gasteiger partial charge in [-0.15, -0.1) is 0 Å². The molecule has 2 N–H and O–H groups in total. The largest absolute Gasteiger partial charge is 0.490 e. The predicted molar refractivity (Wildman–Crippen MR) is 180 cm³/mol. The van der Waals surface area contributed by atoms with Gasteiger partial charge in [-0.1, -0.05) is 75.4 Å². The monoisotopic (exact) mass is 614 g/mol. The highest BCUT2D eigenvalue weighted by atomic mass is 16.6. The molecule has 3 aromatic carbocycles. The van der Waals surface area contributed by atoms with E-state index in [4.69, 9.17) is 18.9 Å². The lowest BCUT2D eigenvalue weighted by molar-refractivity contribution is -0.140. The molecule has 240 valence electrons. The van der Waals surface area contributed by atoms with Gasteiger partial charge in [-0.2, -0.15) is 0 Å². The summed E-state index contributed by atoms with van der Waals surface area (Å²) < 4.78 is 21.9. The summed E-state index contributed by atoms with van der Waals surface area (Å²) >= 11 is 0. The van der Waals surface area contributed by atoms with Gasteiger partial charge in [0.1, 0.15) is 37.9 Å². The molecule has 0 heterocycles. The highest BCUT2D eigenvalue weighted by molar-refractivity contribution is 5.88. The summed E-state index contributed by atoms with van der Waals surface area (Å²) in [5, 5.41) is 5.76. The maximum Gasteiger partial charge on any atom is 0.334 e. The van der Waals surface area contributed by atoms with Crippen LogP contribution in [0.1, 0.15) is 31.7 Å². The summed E-state index contributed by atoms with van der Waals surface area (Å²) in [7, 11) is 3.50. The Morgan fingerprint density at radius 2 is 1.13 bits per heavy atom. The SMILES string of the molecule is C=C(CNC)C(=O)OCCOc1ccc(-c2ccc(-c3ccc(OCCOC(=O)C(=C)CNC)cc3)c(CCCCC)c2)cc1. The molecule has 0 bridgehead atoms. The van der Waals surface area contributed by atoms with E-state index in [0.29, 0.717) is 35.7 Å². The molecular formula is C37H46N2O6. The van der Waals surface area contributed by atoms with E-state index in [2.05, 4.69) is 61.0 Å². The molecule has 0 saturated heterocycles. The lowest BCUT2D eigenvalue weighted by Crippen LogP contribution is -2.20. The number of nitrogens with one attached hydrogen (secondary N) is 2. The van der Waals surface area contributed by atoms with Crippen LogP contribution in [-0.4, -0.2) is 65.6 Å². The van der Waals surface area contributed by atoms with Crippen LogP contribution >= 0.6 is 0 Å². The summed E-state index contributed by atoms with van der Waals surface area (Å²) in [6, 6.07) is 22.6.